The van der Waals surface area contributed by atoms with Crippen LogP contribution in [0.5, 0.6) is 0 Å². The molecule has 0 spiro atoms. The van der Waals surface area contributed by atoms with Crippen molar-refractivity contribution in [2.45, 2.75) is 213 Å². The van der Waals surface area contributed by atoms with E-state index in [1.54, 1.807) is 21.1 Å². The van der Waals surface area contributed by atoms with Crippen LogP contribution < -0.4 is 4.89 Å². The van der Waals surface area contributed by atoms with E-state index in [0.717, 1.165) is 55.8 Å². The lowest BCUT2D eigenvalue weighted by Crippen LogP contribution is -2.37. The van der Waals surface area contributed by atoms with Crippen LogP contribution in [0.1, 0.15) is 206 Å². The second kappa shape index (κ2) is 30.1. The Morgan fingerprint density at radius 2 is 0.945 bits per heavy atom. The highest BCUT2D eigenvalue weighted by atomic mass is 31.2. The molecule has 0 aromatic rings. The van der Waals surface area contributed by atoms with Crippen LogP contribution in [0.2, 0.25) is 0 Å². The molecule has 0 saturated heterocycles. The van der Waals surface area contributed by atoms with Crippen LogP contribution in [0, 0.1) is 23.7 Å². The number of carbonyl (C=O) groups excluding carboxylic acids is 2. The zero-order valence-electron chi connectivity index (χ0n) is 36.4. The molecule has 2 rings (SSSR count). The number of phosphoric acid groups is 1. The molecule has 0 bridgehead atoms. The van der Waals surface area contributed by atoms with E-state index < -0.39 is 26.5 Å². The van der Waals surface area contributed by atoms with E-state index in [-0.39, 0.29) is 36.6 Å². The van der Waals surface area contributed by atoms with Crippen molar-refractivity contribution in [1.29, 1.82) is 0 Å². The van der Waals surface area contributed by atoms with Crippen molar-refractivity contribution in [1.82, 2.24) is 0 Å². The van der Waals surface area contributed by atoms with Gasteiger partial charge < -0.3 is 23.4 Å². The van der Waals surface area contributed by atoms with E-state index in [0.29, 0.717) is 6.42 Å². The number of carbonyl (C=O) groups is 2. The summed E-state index contributed by atoms with van der Waals surface area (Å²) in [5, 5.41) is 0. The summed E-state index contributed by atoms with van der Waals surface area (Å²) in [5.41, 5.74) is 0. The fourth-order valence-electron chi connectivity index (χ4n) is 7.90. The molecular formula is C45H86NO8P. The molecule has 0 aromatic heterocycles. The Bertz CT molecular complexity index is 1030. The number of esters is 2. The second-order valence-electron chi connectivity index (χ2n) is 18.3. The average Bonchev–Trinajstić information content (AvgIpc) is 4.07. The van der Waals surface area contributed by atoms with E-state index >= 15 is 0 Å². The van der Waals surface area contributed by atoms with Crippen molar-refractivity contribution in [3.63, 3.8) is 0 Å². The van der Waals surface area contributed by atoms with Crippen LogP contribution >= 0.6 is 7.82 Å². The number of rotatable bonds is 39. The van der Waals surface area contributed by atoms with Crippen LogP contribution in [0.15, 0.2) is 0 Å². The van der Waals surface area contributed by atoms with Gasteiger partial charge in [-0.2, -0.15) is 0 Å². The van der Waals surface area contributed by atoms with Crippen LogP contribution in [0.3, 0.4) is 0 Å². The molecule has 0 heterocycles. The zero-order chi connectivity index (χ0) is 40.2. The van der Waals surface area contributed by atoms with Gasteiger partial charge in [-0.15, -0.1) is 0 Å². The minimum atomic E-state index is -4.63. The maximum absolute atomic E-state index is 12.7. The van der Waals surface area contributed by atoms with Gasteiger partial charge in [-0.1, -0.05) is 168 Å². The number of ether oxygens (including phenoxy) is 2. The van der Waals surface area contributed by atoms with E-state index in [4.69, 9.17) is 18.5 Å². The minimum Gasteiger partial charge on any atom is -0.756 e. The molecule has 2 fully saturated rings. The fourth-order valence-corrected chi connectivity index (χ4v) is 8.81. The fraction of sp³-hybridized carbons (Fsp3) is 0.956. The number of hydrogen-bond acceptors (Lipinski definition) is 8. The summed E-state index contributed by atoms with van der Waals surface area (Å²) in [6.45, 7) is 3.74. The molecule has 55 heavy (non-hydrogen) atoms. The molecule has 2 aliphatic carbocycles. The van der Waals surface area contributed by atoms with Gasteiger partial charge >= 0.3 is 11.9 Å². The molecule has 324 valence electrons. The minimum absolute atomic E-state index is 0.0962. The van der Waals surface area contributed by atoms with Gasteiger partial charge in [0.15, 0.2) is 12.8 Å². The predicted octanol–water partition coefficient (Wildman–Crippen LogP) is 11.8. The van der Waals surface area contributed by atoms with Gasteiger partial charge in [0, 0.05) is 12.8 Å². The van der Waals surface area contributed by atoms with Gasteiger partial charge in [0.1, 0.15) is 6.61 Å². The topological polar surface area (TPSA) is 111 Å². The molecule has 6 atom stereocenters. The van der Waals surface area contributed by atoms with E-state index in [2.05, 4.69) is 13.8 Å². The van der Waals surface area contributed by atoms with Gasteiger partial charge in [-0.3, -0.25) is 18.7 Å². The Balaban J connectivity index is 1.56. The number of phosphoric ester groups is 1. The first-order valence-electron chi connectivity index (χ1n) is 23.2. The lowest BCUT2D eigenvalue weighted by atomic mass is 10.0. The highest BCUT2D eigenvalue weighted by Crippen LogP contribution is 2.46. The quantitative estimate of drug-likeness (QED) is 0.0199. The van der Waals surface area contributed by atoms with Gasteiger partial charge in [-0.05, 0) is 49.4 Å². The maximum Gasteiger partial charge on any atom is 0.306 e. The first kappa shape index (κ1) is 50.2. The van der Waals surface area contributed by atoms with Crippen molar-refractivity contribution >= 4 is 19.8 Å². The zero-order valence-corrected chi connectivity index (χ0v) is 37.3. The molecule has 0 aliphatic heterocycles. The summed E-state index contributed by atoms with van der Waals surface area (Å²) in [6, 6.07) is 0. The third kappa shape index (κ3) is 29.0. The third-order valence-electron chi connectivity index (χ3n) is 11.7. The van der Waals surface area contributed by atoms with Gasteiger partial charge in [0.25, 0.3) is 7.82 Å². The number of nitrogens with zero attached hydrogens (tertiary/aromatic N) is 1. The normalized spacial score (nSPS) is 20.9. The summed E-state index contributed by atoms with van der Waals surface area (Å²) >= 11 is 0. The Kier molecular flexibility index (Phi) is 27.5. The molecule has 2 aliphatic rings. The molecule has 10 heteroatoms. The Morgan fingerprint density at radius 3 is 1.36 bits per heavy atom. The summed E-state index contributed by atoms with van der Waals surface area (Å²) < 4.78 is 33.7. The smallest absolute Gasteiger partial charge is 0.306 e. The molecule has 6 unspecified atom stereocenters. The third-order valence-corrected chi connectivity index (χ3v) is 12.6. The monoisotopic (exact) mass is 800 g/mol. The summed E-state index contributed by atoms with van der Waals surface area (Å²) in [5.74, 6) is 3.03. The average molecular weight is 800 g/mol. The summed E-state index contributed by atoms with van der Waals surface area (Å²) in [6.07, 6.45) is 35.0. The van der Waals surface area contributed by atoms with Gasteiger partial charge in [-0.25, -0.2) is 0 Å². The van der Waals surface area contributed by atoms with Crippen LogP contribution in [-0.2, 0) is 32.7 Å². The van der Waals surface area contributed by atoms with Crippen LogP contribution in [0.25, 0.3) is 0 Å². The molecule has 0 radical (unpaired) electrons. The Labute approximate surface area is 338 Å². The highest BCUT2D eigenvalue weighted by Gasteiger charge is 2.35. The summed E-state index contributed by atoms with van der Waals surface area (Å²) in [7, 11) is 0.757. The van der Waals surface area contributed by atoms with E-state index in [9.17, 15) is 19.0 Å². The van der Waals surface area contributed by atoms with E-state index in [1.807, 2.05) is 0 Å². The number of quaternary nitrogens is 1. The summed E-state index contributed by atoms with van der Waals surface area (Å²) in [4.78, 5) is 37.6. The maximum atomic E-state index is 12.7. The lowest BCUT2D eigenvalue weighted by molar-refractivity contribution is -0.887. The molecule has 0 aromatic carbocycles. The standard InChI is InChI=1S/C45H86NO8P/c1-6-8-10-12-16-22-28-39-34-41(39)30-24-18-14-20-26-32-44(47)51-36-43(37-52-55(49,50)53-38-46(3,4)5)54-45(48)33-27-21-15-19-25-31-42-35-40(42)29-23-17-13-11-9-7-2/h39-43H,6-38H2,1-5H3. The first-order chi connectivity index (χ1) is 26.4. The Morgan fingerprint density at radius 1 is 0.564 bits per heavy atom. The first-order valence-corrected chi connectivity index (χ1v) is 24.6. The highest BCUT2D eigenvalue weighted by molar-refractivity contribution is 7.45. The van der Waals surface area contributed by atoms with Crippen LogP contribution in [0.4, 0.5) is 0 Å². The van der Waals surface area contributed by atoms with E-state index in [1.165, 1.54) is 141 Å². The van der Waals surface area contributed by atoms with Crippen molar-refractivity contribution in [2.24, 2.45) is 23.7 Å². The van der Waals surface area contributed by atoms with Crippen molar-refractivity contribution < 1.29 is 42.1 Å². The molecular weight excluding hydrogens is 713 g/mol. The molecule has 9 nitrogen and oxygen atoms in total. The Hall–Kier alpha value is -0.990. The molecule has 2 saturated carbocycles. The SMILES string of the molecule is CCCCCCCCC1CC1CCCCCCCC(=O)OCC(COP(=O)([O-])OC[N+](C)(C)C)OC(=O)CCCCCCCC1CC1CCCCCCCC. The van der Waals surface area contributed by atoms with Crippen molar-refractivity contribution in [3.05, 3.63) is 0 Å². The largest absolute Gasteiger partial charge is 0.756 e. The van der Waals surface area contributed by atoms with Gasteiger partial charge in [0.2, 0.25) is 0 Å². The lowest BCUT2D eigenvalue weighted by Gasteiger charge is -2.29. The predicted molar refractivity (Wildman–Crippen MR) is 222 cm³/mol. The van der Waals surface area contributed by atoms with Gasteiger partial charge in [0.05, 0.1) is 27.7 Å². The second-order valence-corrected chi connectivity index (χ2v) is 19.7. The molecule has 0 amide bonds. The number of hydrogen-bond donors (Lipinski definition) is 0. The van der Waals surface area contributed by atoms with Crippen molar-refractivity contribution in [2.75, 3.05) is 41.1 Å². The molecule has 0 N–H and O–H groups in total. The number of unbranched alkanes of at least 4 members (excludes halogenated alkanes) is 18. The van der Waals surface area contributed by atoms with Crippen molar-refractivity contribution in [3.8, 4) is 0 Å². The van der Waals surface area contributed by atoms with Crippen LogP contribution in [-0.4, -0.2) is 63.6 Å².